The number of carbonyl (C=O) groups is 2. The second kappa shape index (κ2) is 6.23. The predicted octanol–water partition coefficient (Wildman–Crippen LogP) is 2.36. The van der Waals surface area contributed by atoms with Gasteiger partial charge in [-0.3, -0.25) is 9.69 Å². The third kappa shape index (κ3) is 2.56. The molecular formula is C18H17NO5. The number of amides is 1. The largest absolute Gasteiger partial charge is 0.493 e. The number of carboxylic acid groups (broad SMARTS) is 1. The average molecular weight is 327 g/mol. The lowest BCUT2D eigenvalue weighted by molar-refractivity contribution is -0.138. The molecule has 0 unspecified atom stereocenters. The summed E-state index contributed by atoms with van der Waals surface area (Å²) in [6, 6.07) is 11.1. The van der Waals surface area contributed by atoms with Gasteiger partial charge in [0.1, 0.15) is 6.04 Å². The van der Waals surface area contributed by atoms with Gasteiger partial charge >= 0.3 is 5.97 Å². The number of methoxy groups -OCH3 is 2. The van der Waals surface area contributed by atoms with Crippen LogP contribution in [-0.4, -0.2) is 37.2 Å². The maximum absolute atomic E-state index is 13.0. The fourth-order valence-electron chi connectivity index (χ4n) is 2.94. The summed E-state index contributed by atoms with van der Waals surface area (Å²) in [6.45, 7) is 0. The number of fused-ring (bicyclic) bond motifs is 1. The fraction of sp³-hybridized carbons (Fsp3) is 0.222. The topological polar surface area (TPSA) is 76.1 Å². The number of para-hydroxylation sites is 1. The molecular weight excluding hydrogens is 310 g/mol. The van der Waals surface area contributed by atoms with Crippen LogP contribution in [-0.2, 0) is 11.2 Å². The summed E-state index contributed by atoms with van der Waals surface area (Å²) in [5.41, 5.74) is 1.82. The van der Waals surface area contributed by atoms with Crippen molar-refractivity contribution in [1.82, 2.24) is 0 Å². The number of nitrogens with zero attached hydrogens (tertiary/aromatic N) is 1. The molecule has 1 aliphatic rings. The first-order valence-corrected chi connectivity index (χ1v) is 7.43. The van der Waals surface area contributed by atoms with Crippen LogP contribution in [0.4, 0.5) is 5.69 Å². The lowest BCUT2D eigenvalue weighted by Gasteiger charge is -2.23. The summed E-state index contributed by atoms with van der Waals surface area (Å²) < 4.78 is 10.4. The van der Waals surface area contributed by atoms with E-state index in [4.69, 9.17) is 9.47 Å². The first-order valence-electron chi connectivity index (χ1n) is 7.43. The monoisotopic (exact) mass is 327 g/mol. The van der Waals surface area contributed by atoms with E-state index in [-0.39, 0.29) is 5.91 Å². The lowest BCUT2D eigenvalue weighted by atomic mass is 10.1. The molecule has 0 saturated heterocycles. The normalized spacial score (nSPS) is 15.8. The number of carboxylic acids is 1. The van der Waals surface area contributed by atoms with E-state index < -0.39 is 12.0 Å². The smallest absolute Gasteiger partial charge is 0.327 e. The number of aliphatic carboxylic acids is 1. The Bertz CT molecular complexity index is 802. The first-order chi connectivity index (χ1) is 11.6. The van der Waals surface area contributed by atoms with Crippen molar-refractivity contribution in [2.45, 2.75) is 12.5 Å². The third-order valence-corrected chi connectivity index (χ3v) is 4.11. The number of benzene rings is 2. The Morgan fingerprint density at radius 3 is 2.46 bits per heavy atom. The highest BCUT2D eigenvalue weighted by Gasteiger charge is 2.38. The predicted molar refractivity (Wildman–Crippen MR) is 87.9 cm³/mol. The summed E-state index contributed by atoms with van der Waals surface area (Å²) >= 11 is 0. The van der Waals surface area contributed by atoms with Gasteiger partial charge in [0.2, 0.25) is 0 Å². The first kappa shape index (κ1) is 15.9. The van der Waals surface area contributed by atoms with E-state index in [1.165, 1.54) is 19.1 Å². The Kier molecular flexibility index (Phi) is 4.12. The maximum Gasteiger partial charge on any atom is 0.327 e. The van der Waals surface area contributed by atoms with E-state index in [1.54, 1.807) is 30.3 Å². The Morgan fingerprint density at radius 1 is 1.08 bits per heavy atom. The summed E-state index contributed by atoms with van der Waals surface area (Å²) in [4.78, 5) is 25.9. The molecule has 1 aliphatic heterocycles. The van der Waals surface area contributed by atoms with Gasteiger partial charge in [-0.15, -0.1) is 0 Å². The highest BCUT2D eigenvalue weighted by Crippen LogP contribution is 2.35. The van der Waals surface area contributed by atoms with Gasteiger partial charge in [0.15, 0.2) is 11.5 Å². The van der Waals surface area contributed by atoms with Crippen molar-refractivity contribution in [3.05, 3.63) is 53.6 Å². The van der Waals surface area contributed by atoms with Crippen LogP contribution in [0.2, 0.25) is 0 Å². The van der Waals surface area contributed by atoms with Crippen molar-refractivity contribution < 1.29 is 24.2 Å². The van der Waals surface area contributed by atoms with Crippen LogP contribution >= 0.6 is 0 Å². The number of hydrogen-bond acceptors (Lipinski definition) is 4. The molecule has 0 aliphatic carbocycles. The maximum atomic E-state index is 13.0. The highest BCUT2D eigenvalue weighted by molar-refractivity contribution is 6.11. The molecule has 2 aromatic rings. The van der Waals surface area contributed by atoms with Crippen LogP contribution in [0.1, 0.15) is 15.9 Å². The van der Waals surface area contributed by atoms with Crippen molar-refractivity contribution in [2.75, 3.05) is 19.1 Å². The van der Waals surface area contributed by atoms with E-state index in [2.05, 4.69) is 0 Å². The van der Waals surface area contributed by atoms with Gasteiger partial charge < -0.3 is 14.6 Å². The molecule has 6 heteroatoms. The van der Waals surface area contributed by atoms with E-state index in [0.717, 1.165) is 5.56 Å². The number of carbonyl (C=O) groups excluding carboxylic acids is 1. The van der Waals surface area contributed by atoms with Gasteiger partial charge in [0.05, 0.1) is 14.2 Å². The van der Waals surface area contributed by atoms with E-state index >= 15 is 0 Å². The molecule has 6 nitrogen and oxygen atoms in total. The van der Waals surface area contributed by atoms with Gasteiger partial charge in [-0.25, -0.2) is 4.79 Å². The molecule has 0 aromatic heterocycles. The minimum absolute atomic E-state index is 0.296. The molecule has 24 heavy (non-hydrogen) atoms. The number of rotatable bonds is 4. The van der Waals surface area contributed by atoms with Crippen LogP contribution in [0, 0.1) is 0 Å². The van der Waals surface area contributed by atoms with Crippen molar-refractivity contribution in [1.29, 1.82) is 0 Å². The van der Waals surface area contributed by atoms with Gasteiger partial charge in [-0.05, 0) is 29.8 Å². The van der Waals surface area contributed by atoms with E-state index in [1.807, 2.05) is 12.1 Å². The molecule has 3 rings (SSSR count). The minimum Gasteiger partial charge on any atom is -0.493 e. The van der Waals surface area contributed by atoms with E-state index in [0.29, 0.717) is 29.2 Å². The zero-order valence-corrected chi connectivity index (χ0v) is 13.4. The quantitative estimate of drug-likeness (QED) is 0.933. The number of ether oxygens (including phenoxy) is 2. The van der Waals surface area contributed by atoms with Crippen molar-refractivity contribution in [3.63, 3.8) is 0 Å². The second-order valence-electron chi connectivity index (χ2n) is 5.43. The Morgan fingerprint density at radius 2 is 1.79 bits per heavy atom. The van der Waals surface area contributed by atoms with Gasteiger partial charge in [0.25, 0.3) is 5.91 Å². The Balaban J connectivity index is 2.03. The molecule has 1 N–H and O–H groups in total. The Labute approximate surface area is 139 Å². The molecule has 124 valence electrons. The minimum atomic E-state index is -1.03. The number of anilines is 1. The zero-order chi connectivity index (χ0) is 17.3. The zero-order valence-electron chi connectivity index (χ0n) is 13.4. The SMILES string of the molecule is COc1ccc(C(=O)N2c3ccccc3C[C@H]2C(=O)O)cc1OC. The molecule has 0 bridgehead atoms. The van der Waals surface area contributed by atoms with E-state index in [9.17, 15) is 14.7 Å². The van der Waals surface area contributed by atoms with Gasteiger partial charge in [0, 0.05) is 17.7 Å². The van der Waals surface area contributed by atoms with Crippen LogP contribution in [0.15, 0.2) is 42.5 Å². The lowest BCUT2D eigenvalue weighted by Crippen LogP contribution is -2.42. The second-order valence-corrected chi connectivity index (χ2v) is 5.43. The molecule has 0 spiro atoms. The summed E-state index contributed by atoms with van der Waals surface area (Å²) in [6.07, 6.45) is 0.296. The van der Waals surface area contributed by atoms with Crippen LogP contribution in [0.25, 0.3) is 0 Å². The fourth-order valence-corrected chi connectivity index (χ4v) is 2.94. The van der Waals surface area contributed by atoms with Crippen molar-refractivity contribution >= 4 is 17.6 Å². The van der Waals surface area contributed by atoms with Crippen LogP contribution in [0.5, 0.6) is 11.5 Å². The Hall–Kier alpha value is -3.02. The molecule has 1 atom stereocenters. The number of hydrogen-bond donors (Lipinski definition) is 1. The highest BCUT2D eigenvalue weighted by atomic mass is 16.5. The van der Waals surface area contributed by atoms with Crippen molar-refractivity contribution in [2.24, 2.45) is 0 Å². The molecule has 0 radical (unpaired) electrons. The third-order valence-electron chi connectivity index (χ3n) is 4.11. The van der Waals surface area contributed by atoms with Crippen LogP contribution in [0.3, 0.4) is 0 Å². The molecule has 2 aromatic carbocycles. The molecule has 1 heterocycles. The van der Waals surface area contributed by atoms with Crippen LogP contribution < -0.4 is 14.4 Å². The van der Waals surface area contributed by atoms with Crippen molar-refractivity contribution in [3.8, 4) is 11.5 Å². The molecule has 0 saturated carbocycles. The summed E-state index contributed by atoms with van der Waals surface area (Å²) in [5.74, 6) is -0.485. The molecule has 1 amide bonds. The average Bonchev–Trinajstić information content (AvgIpc) is 3.00. The molecule has 0 fully saturated rings. The van der Waals surface area contributed by atoms with Gasteiger partial charge in [-0.1, -0.05) is 18.2 Å². The summed E-state index contributed by atoms with van der Waals surface area (Å²) in [7, 11) is 2.99. The summed E-state index contributed by atoms with van der Waals surface area (Å²) in [5, 5.41) is 9.50. The standard InChI is InChI=1S/C18H17NO5/c1-23-15-8-7-12(10-16(15)24-2)17(20)19-13-6-4-3-5-11(13)9-14(19)18(21)22/h3-8,10,14H,9H2,1-2H3,(H,21,22)/t14-/m0/s1. The van der Waals surface area contributed by atoms with Gasteiger partial charge in [-0.2, -0.15) is 0 Å².